The summed E-state index contributed by atoms with van der Waals surface area (Å²) in [7, 11) is 0. The van der Waals surface area contributed by atoms with Crippen LogP contribution in [0.5, 0.6) is 0 Å². The number of esters is 1. The highest BCUT2D eigenvalue weighted by atomic mass is 16.5. The molecule has 2 N–H and O–H groups in total. The number of carboxylic acids is 1. The molecule has 1 atom stereocenters. The van der Waals surface area contributed by atoms with E-state index in [9.17, 15) is 9.59 Å². The molecule has 0 saturated heterocycles. The Morgan fingerprint density at radius 1 is 1.53 bits per heavy atom. The number of hydrogen-bond donors (Lipinski definition) is 2. The average molecular weight is 215 g/mol. The predicted octanol–water partition coefficient (Wildman–Crippen LogP) is 0.535. The quantitative estimate of drug-likeness (QED) is 0.632. The average Bonchev–Trinajstić information content (AvgIpc) is 2.09. The van der Waals surface area contributed by atoms with Gasteiger partial charge < -0.3 is 15.2 Å². The van der Waals surface area contributed by atoms with E-state index in [0.717, 1.165) is 19.3 Å². The van der Waals surface area contributed by atoms with Gasteiger partial charge in [-0.1, -0.05) is 6.42 Å². The summed E-state index contributed by atoms with van der Waals surface area (Å²) in [5, 5.41) is 11.8. The van der Waals surface area contributed by atoms with Crippen LogP contribution in [0.4, 0.5) is 0 Å². The largest absolute Gasteiger partial charge is 0.480 e. The first-order valence-corrected chi connectivity index (χ1v) is 5.28. The molecule has 0 amide bonds. The van der Waals surface area contributed by atoms with E-state index < -0.39 is 18.0 Å². The minimum absolute atomic E-state index is 0.0975. The molecule has 5 nitrogen and oxygen atoms in total. The third kappa shape index (κ3) is 3.87. The van der Waals surface area contributed by atoms with Crippen LogP contribution in [-0.4, -0.2) is 35.7 Å². The van der Waals surface area contributed by atoms with Crippen LogP contribution in [0.3, 0.4) is 0 Å². The van der Waals surface area contributed by atoms with E-state index in [4.69, 9.17) is 9.84 Å². The van der Waals surface area contributed by atoms with Gasteiger partial charge in [0, 0.05) is 6.04 Å². The molecule has 0 spiro atoms. The molecule has 1 rings (SSSR count). The van der Waals surface area contributed by atoms with E-state index in [1.807, 2.05) is 0 Å². The van der Waals surface area contributed by atoms with Gasteiger partial charge in [0.2, 0.25) is 0 Å². The maximum atomic E-state index is 11.1. The summed E-state index contributed by atoms with van der Waals surface area (Å²) in [6.07, 6.45) is 3.02. The Hall–Kier alpha value is -1.10. The smallest absolute Gasteiger partial charge is 0.321 e. The van der Waals surface area contributed by atoms with E-state index in [0.29, 0.717) is 0 Å². The summed E-state index contributed by atoms with van der Waals surface area (Å²) < 4.78 is 4.71. The molecular formula is C10H17NO4. The number of ether oxygens (including phenoxy) is 1. The molecule has 1 fully saturated rings. The van der Waals surface area contributed by atoms with Crippen molar-refractivity contribution >= 4 is 11.9 Å². The second kappa shape index (κ2) is 5.70. The van der Waals surface area contributed by atoms with E-state index in [-0.39, 0.29) is 19.1 Å². The molecule has 0 aromatic heterocycles. The molecule has 1 aliphatic carbocycles. The molecule has 5 heteroatoms. The Bertz CT molecular complexity index is 238. The van der Waals surface area contributed by atoms with E-state index in [1.54, 1.807) is 6.92 Å². The molecule has 86 valence electrons. The summed E-state index contributed by atoms with van der Waals surface area (Å²) >= 11 is 0. The van der Waals surface area contributed by atoms with Crippen LogP contribution < -0.4 is 5.32 Å². The normalized spacial score (nSPS) is 17.9. The maximum Gasteiger partial charge on any atom is 0.321 e. The lowest BCUT2D eigenvalue weighted by Crippen LogP contribution is -2.47. The first-order valence-electron chi connectivity index (χ1n) is 5.28. The lowest BCUT2D eigenvalue weighted by molar-refractivity contribution is -0.149. The zero-order chi connectivity index (χ0) is 11.3. The zero-order valence-electron chi connectivity index (χ0n) is 8.86. The fourth-order valence-corrected chi connectivity index (χ4v) is 1.46. The summed E-state index contributed by atoms with van der Waals surface area (Å²) in [5.41, 5.74) is 0. The van der Waals surface area contributed by atoms with Gasteiger partial charge in [0.05, 0.1) is 13.0 Å². The van der Waals surface area contributed by atoms with Gasteiger partial charge in [0.1, 0.15) is 6.04 Å². The third-order valence-corrected chi connectivity index (χ3v) is 2.52. The molecule has 0 aromatic rings. The van der Waals surface area contributed by atoms with Crippen LogP contribution >= 0.6 is 0 Å². The number of nitrogens with one attached hydrogen (secondary N) is 1. The molecule has 0 aromatic carbocycles. The molecular weight excluding hydrogens is 198 g/mol. The van der Waals surface area contributed by atoms with Crippen LogP contribution in [-0.2, 0) is 14.3 Å². The monoisotopic (exact) mass is 215 g/mol. The Kier molecular flexibility index (Phi) is 4.55. The van der Waals surface area contributed by atoms with E-state index in [2.05, 4.69) is 5.32 Å². The highest BCUT2D eigenvalue weighted by Gasteiger charge is 2.27. The molecule has 0 bridgehead atoms. The van der Waals surface area contributed by atoms with Crippen molar-refractivity contribution in [2.45, 2.75) is 44.7 Å². The van der Waals surface area contributed by atoms with Crippen molar-refractivity contribution in [3.63, 3.8) is 0 Å². The molecule has 1 saturated carbocycles. The lowest BCUT2D eigenvalue weighted by Gasteiger charge is -2.29. The van der Waals surface area contributed by atoms with Gasteiger partial charge in [-0.3, -0.25) is 9.59 Å². The van der Waals surface area contributed by atoms with Gasteiger partial charge in [-0.15, -0.1) is 0 Å². The van der Waals surface area contributed by atoms with E-state index in [1.165, 1.54) is 0 Å². The fraction of sp³-hybridized carbons (Fsp3) is 0.800. The summed E-state index contributed by atoms with van der Waals surface area (Å²) in [6, 6.07) is -0.560. The molecule has 15 heavy (non-hydrogen) atoms. The van der Waals surface area contributed by atoms with Gasteiger partial charge in [-0.05, 0) is 19.8 Å². The van der Waals surface area contributed by atoms with Gasteiger partial charge >= 0.3 is 11.9 Å². The van der Waals surface area contributed by atoms with Crippen molar-refractivity contribution in [1.82, 2.24) is 5.32 Å². The second-order valence-corrected chi connectivity index (χ2v) is 3.69. The van der Waals surface area contributed by atoms with Gasteiger partial charge in [-0.2, -0.15) is 0 Å². The predicted molar refractivity (Wildman–Crippen MR) is 53.4 cm³/mol. The summed E-state index contributed by atoms with van der Waals surface area (Å²) in [5.74, 6) is -1.45. The number of hydrogen-bond acceptors (Lipinski definition) is 4. The van der Waals surface area contributed by atoms with Crippen molar-refractivity contribution in [3.05, 3.63) is 0 Å². The molecule has 0 unspecified atom stereocenters. The minimum atomic E-state index is -0.991. The minimum Gasteiger partial charge on any atom is -0.480 e. The van der Waals surface area contributed by atoms with Crippen molar-refractivity contribution in [2.75, 3.05) is 6.61 Å². The molecule has 0 aliphatic heterocycles. The van der Waals surface area contributed by atoms with Gasteiger partial charge in [0.25, 0.3) is 0 Å². The number of rotatable bonds is 6. The number of aliphatic carboxylic acids is 1. The van der Waals surface area contributed by atoms with Crippen LogP contribution in [0.25, 0.3) is 0 Å². The summed E-state index contributed by atoms with van der Waals surface area (Å²) in [6.45, 7) is 1.99. The molecule has 0 radical (unpaired) electrons. The highest BCUT2D eigenvalue weighted by Crippen LogP contribution is 2.19. The highest BCUT2D eigenvalue weighted by molar-refractivity contribution is 5.81. The van der Waals surface area contributed by atoms with Gasteiger partial charge in [-0.25, -0.2) is 0 Å². The maximum absolute atomic E-state index is 11.1. The molecule has 0 heterocycles. The first-order chi connectivity index (χ1) is 7.13. The Morgan fingerprint density at radius 2 is 2.20 bits per heavy atom. The third-order valence-electron chi connectivity index (χ3n) is 2.52. The number of carboxylic acid groups (broad SMARTS) is 1. The van der Waals surface area contributed by atoms with Crippen LogP contribution in [0.15, 0.2) is 0 Å². The Labute approximate surface area is 88.8 Å². The van der Waals surface area contributed by atoms with Crippen LogP contribution in [0.1, 0.15) is 32.6 Å². The molecule has 1 aliphatic rings. The Morgan fingerprint density at radius 3 is 2.60 bits per heavy atom. The van der Waals surface area contributed by atoms with Crippen LogP contribution in [0, 0.1) is 0 Å². The zero-order valence-corrected chi connectivity index (χ0v) is 8.86. The topological polar surface area (TPSA) is 75.6 Å². The number of carbonyl (C=O) groups is 2. The Balaban J connectivity index is 2.35. The van der Waals surface area contributed by atoms with Crippen molar-refractivity contribution in [1.29, 1.82) is 0 Å². The first kappa shape index (κ1) is 12.0. The SMILES string of the molecule is CCOC(=O)C[C@H](NC1CCC1)C(=O)O. The van der Waals surface area contributed by atoms with Crippen molar-refractivity contribution in [3.8, 4) is 0 Å². The second-order valence-electron chi connectivity index (χ2n) is 3.69. The van der Waals surface area contributed by atoms with Crippen LogP contribution in [0.2, 0.25) is 0 Å². The van der Waals surface area contributed by atoms with Gasteiger partial charge in [0.15, 0.2) is 0 Å². The lowest BCUT2D eigenvalue weighted by atomic mass is 9.92. The number of carbonyl (C=O) groups excluding carboxylic acids is 1. The van der Waals surface area contributed by atoms with Crippen molar-refractivity contribution in [2.24, 2.45) is 0 Å². The summed E-state index contributed by atoms with van der Waals surface area (Å²) in [4.78, 5) is 22.0. The standard InChI is InChI=1S/C10H17NO4/c1-2-15-9(12)6-8(10(13)14)11-7-4-3-5-7/h7-8,11H,2-6H2,1H3,(H,13,14)/t8-/m0/s1. The fourth-order valence-electron chi connectivity index (χ4n) is 1.46. The van der Waals surface area contributed by atoms with Crippen molar-refractivity contribution < 1.29 is 19.4 Å². The van der Waals surface area contributed by atoms with E-state index >= 15 is 0 Å².